The van der Waals surface area contributed by atoms with E-state index >= 15 is 0 Å². The molecule has 8 nitrogen and oxygen atoms in total. The number of aromatic nitrogens is 2. The molecule has 14 heteroatoms. The van der Waals surface area contributed by atoms with Gasteiger partial charge in [-0.2, -0.15) is 31.6 Å². The first-order valence-electron chi connectivity index (χ1n) is 11.0. The van der Waals surface area contributed by atoms with Crippen LogP contribution < -0.4 is 15.5 Å². The number of benzene rings is 1. The smallest absolute Gasteiger partial charge is 0.364 e. The van der Waals surface area contributed by atoms with Gasteiger partial charge in [-0.15, -0.1) is 0 Å². The molecule has 0 saturated heterocycles. The van der Waals surface area contributed by atoms with Crippen LogP contribution in [0.25, 0.3) is 0 Å². The minimum atomic E-state index is -4.55. The summed E-state index contributed by atoms with van der Waals surface area (Å²) in [6.07, 6.45) is -5.78. The fourth-order valence-electron chi connectivity index (χ4n) is 3.97. The highest BCUT2D eigenvalue weighted by Gasteiger charge is 2.33. The molecule has 2 aliphatic heterocycles. The lowest BCUT2D eigenvalue weighted by Gasteiger charge is -2.31. The van der Waals surface area contributed by atoms with Gasteiger partial charge in [0.1, 0.15) is 30.6 Å². The third-order valence-corrected chi connectivity index (χ3v) is 5.80. The number of amidine groups is 1. The SMILES string of the molecule is N#Cc1ccc(C(F)(F)F)cc1N1CCc2c(ncnc2NC2=NC=C(C(=O)NCC(F)(F)F)CC2)C1. The molecule has 0 unspecified atom stereocenters. The molecule has 2 aliphatic rings. The average molecular weight is 523 g/mol. The molecule has 1 amide bonds. The van der Waals surface area contributed by atoms with Crippen molar-refractivity contribution in [2.75, 3.05) is 23.3 Å². The molecule has 0 bridgehead atoms. The summed E-state index contributed by atoms with van der Waals surface area (Å²) >= 11 is 0. The molecular formula is C23H19F6N7O. The van der Waals surface area contributed by atoms with Crippen molar-refractivity contribution in [1.82, 2.24) is 15.3 Å². The number of carbonyl (C=O) groups excluding carboxylic acids is 1. The second-order valence-electron chi connectivity index (χ2n) is 8.31. The second kappa shape index (κ2) is 10.1. The van der Waals surface area contributed by atoms with Crippen LogP contribution in [-0.4, -0.2) is 41.0 Å². The Labute approximate surface area is 206 Å². The minimum absolute atomic E-state index is 0.113. The Hall–Kier alpha value is -4.15. The number of amides is 1. The summed E-state index contributed by atoms with van der Waals surface area (Å²) in [6, 6.07) is 4.90. The molecule has 194 valence electrons. The van der Waals surface area contributed by atoms with Gasteiger partial charge in [0.2, 0.25) is 5.91 Å². The molecule has 0 radical (unpaired) electrons. The Balaban J connectivity index is 1.49. The Morgan fingerprint density at radius 3 is 2.54 bits per heavy atom. The summed E-state index contributed by atoms with van der Waals surface area (Å²) in [5.41, 5.74) is 0.821. The number of nitrogens with one attached hydrogen (secondary N) is 2. The van der Waals surface area contributed by atoms with E-state index in [1.165, 1.54) is 12.5 Å². The standard InChI is InChI=1S/C23H19F6N7O/c24-22(25,26)11-32-21(37)14-2-4-19(31-9-14)35-20-16-5-6-36(10-17(16)33-12-34-20)18-7-15(23(27,28)29)3-1-13(18)8-30/h1,3,7,9,12H,2,4-6,10-11H2,(H,32,37)(H,31,33,34,35). The van der Waals surface area contributed by atoms with Crippen LogP contribution in [0, 0.1) is 11.3 Å². The molecule has 0 spiro atoms. The van der Waals surface area contributed by atoms with Crippen LogP contribution in [0.2, 0.25) is 0 Å². The Kier molecular flexibility index (Phi) is 7.06. The van der Waals surface area contributed by atoms with E-state index < -0.39 is 30.4 Å². The molecule has 0 aliphatic carbocycles. The zero-order valence-corrected chi connectivity index (χ0v) is 19.0. The van der Waals surface area contributed by atoms with E-state index in [2.05, 4.69) is 20.3 Å². The first-order valence-corrected chi connectivity index (χ1v) is 11.0. The van der Waals surface area contributed by atoms with Crippen LogP contribution in [0.15, 0.2) is 41.3 Å². The van der Waals surface area contributed by atoms with E-state index in [1.54, 1.807) is 10.2 Å². The number of alkyl halides is 6. The molecule has 0 saturated carbocycles. The quantitative estimate of drug-likeness (QED) is 0.585. The third kappa shape index (κ3) is 6.16. The number of nitriles is 1. The van der Waals surface area contributed by atoms with Crippen LogP contribution in [-0.2, 0) is 23.9 Å². The van der Waals surface area contributed by atoms with Crippen molar-refractivity contribution < 1.29 is 31.1 Å². The fourth-order valence-corrected chi connectivity index (χ4v) is 3.97. The zero-order valence-electron chi connectivity index (χ0n) is 19.0. The molecule has 2 aromatic rings. The molecule has 2 N–H and O–H groups in total. The lowest BCUT2D eigenvalue weighted by Crippen LogP contribution is -2.35. The van der Waals surface area contributed by atoms with Crippen LogP contribution >= 0.6 is 0 Å². The lowest BCUT2D eigenvalue weighted by atomic mass is 10.0. The predicted molar refractivity (Wildman–Crippen MR) is 120 cm³/mol. The predicted octanol–water partition coefficient (Wildman–Crippen LogP) is 4.10. The average Bonchev–Trinajstić information content (AvgIpc) is 2.86. The van der Waals surface area contributed by atoms with Crippen LogP contribution in [0.5, 0.6) is 0 Å². The first kappa shape index (κ1) is 25.9. The van der Waals surface area contributed by atoms with E-state index in [1.807, 2.05) is 6.07 Å². The van der Waals surface area contributed by atoms with Crippen molar-refractivity contribution in [3.05, 3.63) is 58.7 Å². The van der Waals surface area contributed by atoms with Gasteiger partial charge >= 0.3 is 12.4 Å². The Morgan fingerprint density at radius 2 is 1.89 bits per heavy atom. The number of anilines is 2. The highest BCUT2D eigenvalue weighted by molar-refractivity contribution is 6.00. The van der Waals surface area contributed by atoms with Gasteiger partial charge in [-0.05, 0) is 31.0 Å². The molecule has 3 heterocycles. The highest BCUT2D eigenvalue weighted by Crippen LogP contribution is 2.35. The van der Waals surface area contributed by atoms with Crippen molar-refractivity contribution in [2.24, 2.45) is 4.99 Å². The van der Waals surface area contributed by atoms with Crippen molar-refractivity contribution in [3.63, 3.8) is 0 Å². The summed E-state index contributed by atoms with van der Waals surface area (Å²) in [7, 11) is 0. The normalized spacial score (nSPS) is 15.8. The van der Waals surface area contributed by atoms with Gasteiger partial charge in [0.25, 0.3) is 0 Å². The minimum Gasteiger partial charge on any atom is -0.364 e. The zero-order chi connectivity index (χ0) is 26.8. The molecule has 0 fully saturated rings. The first-order chi connectivity index (χ1) is 17.4. The molecule has 37 heavy (non-hydrogen) atoms. The van der Waals surface area contributed by atoms with E-state index in [-0.39, 0.29) is 36.2 Å². The van der Waals surface area contributed by atoms with Gasteiger partial charge in [-0.1, -0.05) is 0 Å². The number of hydrogen-bond donors (Lipinski definition) is 2. The number of nitrogens with zero attached hydrogens (tertiary/aromatic N) is 5. The Morgan fingerprint density at radius 1 is 1.11 bits per heavy atom. The summed E-state index contributed by atoms with van der Waals surface area (Å²) in [6.45, 7) is -0.974. The number of rotatable bonds is 4. The van der Waals surface area contributed by atoms with Gasteiger partial charge in [0.15, 0.2) is 0 Å². The van der Waals surface area contributed by atoms with Gasteiger partial charge in [0.05, 0.1) is 29.1 Å². The summed E-state index contributed by atoms with van der Waals surface area (Å²) in [4.78, 5) is 26.2. The second-order valence-corrected chi connectivity index (χ2v) is 8.31. The molecule has 1 aromatic carbocycles. The summed E-state index contributed by atoms with van der Waals surface area (Å²) in [5, 5.41) is 14.3. The van der Waals surface area contributed by atoms with Crippen molar-refractivity contribution in [1.29, 1.82) is 5.26 Å². The molecule has 0 atom stereocenters. The number of aliphatic imine (C=N–C) groups is 1. The lowest BCUT2D eigenvalue weighted by molar-refractivity contribution is -0.137. The van der Waals surface area contributed by atoms with Crippen LogP contribution in [0.3, 0.4) is 0 Å². The van der Waals surface area contributed by atoms with E-state index in [0.717, 1.165) is 23.8 Å². The molecule has 4 rings (SSSR count). The largest absolute Gasteiger partial charge is 0.416 e. The summed E-state index contributed by atoms with van der Waals surface area (Å²) < 4.78 is 76.6. The number of hydrogen-bond acceptors (Lipinski definition) is 7. The Bertz CT molecular complexity index is 1310. The van der Waals surface area contributed by atoms with Crippen molar-refractivity contribution in [3.8, 4) is 6.07 Å². The maximum absolute atomic E-state index is 13.2. The van der Waals surface area contributed by atoms with Gasteiger partial charge in [-0.25, -0.2) is 15.0 Å². The summed E-state index contributed by atoms with van der Waals surface area (Å²) in [5.74, 6) is 0.0395. The van der Waals surface area contributed by atoms with Crippen LogP contribution in [0.4, 0.5) is 37.8 Å². The van der Waals surface area contributed by atoms with Gasteiger partial charge < -0.3 is 15.5 Å². The fraction of sp³-hybridized carbons (Fsp3) is 0.348. The van der Waals surface area contributed by atoms with Crippen molar-refractivity contribution >= 4 is 23.2 Å². The molecular weight excluding hydrogens is 504 g/mol. The van der Waals surface area contributed by atoms with Crippen molar-refractivity contribution in [2.45, 2.75) is 38.2 Å². The van der Waals surface area contributed by atoms with Crippen LogP contribution in [0.1, 0.15) is 35.2 Å². The number of halogens is 6. The van der Waals surface area contributed by atoms with Gasteiger partial charge in [-0.3, -0.25) is 4.79 Å². The number of fused-ring (bicyclic) bond motifs is 1. The monoisotopic (exact) mass is 523 g/mol. The number of carbonyl (C=O) groups is 1. The van der Waals surface area contributed by atoms with E-state index in [9.17, 15) is 36.4 Å². The van der Waals surface area contributed by atoms with E-state index in [0.29, 0.717) is 30.3 Å². The third-order valence-electron chi connectivity index (χ3n) is 5.80. The maximum atomic E-state index is 13.2. The maximum Gasteiger partial charge on any atom is 0.416 e. The topological polar surface area (TPSA) is 106 Å². The molecule has 1 aromatic heterocycles. The van der Waals surface area contributed by atoms with Gasteiger partial charge in [0, 0.05) is 30.3 Å². The van der Waals surface area contributed by atoms with E-state index in [4.69, 9.17) is 0 Å². The highest BCUT2D eigenvalue weighted by atomic mass is 19.4.